The predicted octanol–water partition coefficient (Wildman–Crippen LogP) is 5.39. The van der Waals surface area contributed by atoms with E-state index in [2.05, 4.69) is 37.4 Å². The van der Waals surface area contributed by atoms with E-state index >= 15 is 0 Å². The lowest BCUT2D eigenvalue weighted by Crippen LogP contribution is -2.51. The lowest BCUT2D eigenvalue weighted by atomic mass is 10.0. The zero-order valence-corrected chi connectivity index (χ0v) is 31.8. The Labute approximate surface area is 318 Å². The van der Waals surface area contributed by atoms with Gasteiger partial charge in [0.05, 0.1) is 55.8 Å². The van der Waals surface area contributed by atoms with Crippen molar-refractivity contribution in [2.75, 3.05) is 27.3 Å². The maximum Gasteiger partial charge on any atom is 0.407 e. The molecule has 0 radical (unpaired) electrons. The molecule has 4 heterocycles. The zero-order valence-electron chi connectivity index (χ0n) is 31.8. The molecule has 4 aromatic rings. The van der Waals surface area contributed by atoms with Crippen molar-refractivity contribution < 1.29 is 33.0 Å². The second-order valence-electron chi connectivity index (χ2n) is 14.6. The Hall–Kier alpha value is -5.91. The van der Waals surface area contributed by atoms with Gasteiger partial charge >= 0.3 is 12.2 Å². The molecule has 2 aromatic heterocycles. The topological polar surface area (TPSA) is 175 Å². The first-order valence-corrected chi connectivity index (χ1v) is 18.5. The monoisotopic (exact) mass is 754 g/mol. The molecule has 14 nitrogen and oxygen atoms in total. The molecule has 2 aromatic carbocycles. The van der Waals surface area contributed by atoms with E-state index in [4.69, 9.17) is 14.5 Å². The van der Waals surface area contributed by atoms with Gasteiger partial charge in [0.2, 0.25) is 11.8 Å². The third-order valence-electron chi connectivity index (χ3n) is 10.1. The highest BCUT2D eigenvalue weighted by Crippen LogP contribution is 2.35. The summed E-state index contributed by atoms with van der Waals surface area (Å²) in [7, 11) is 2.50. The first-order chi connectivity index (χ1) is 26.4. The maximum absolute atomic E-state index is 14.7. The summed E-state index contributed by atoms with van der Waals surface area (Å²) in [6.45, 7) is 7.85. The van der Waals surface area contributed by atoms with Gasteiger partial charge in [-0.3, -0.25) is 9.59 Å². The molecule has 6 rings (SSSR count). The zero-order chi connectivity index (χ0) is 39.4. The number of hydrogen-bond donors (Lipinski definition) is 4. The van der Waals surface area contributed by atoms with Crippen LogP contribution in [0.5, 0.6) is 0 Å². The van der Waals surface area contributed by atoms with Gasteiger partial charge in [0.25, 0.3) is 0 Å². The van der Waals surface area contributed by atoms with Gasteiger partial charge in [0.1, 0.15) is 29.9 Å². The van der Waals surface area contributed by atoms with Gasteiger partial charge in [-0.1, -0.05) is 51.7 Å². The van der Waals surface area contributed by atoms with E-state index in [1.165, 1.54) is 19.1 Å². The number of amides is 4. The third-order valence-corrected chi connectivity index (χ3v) is 10.1. The predicted molar refractivity (Wildman–Crippen MR) is 202 cm³/mol. The van der Waals surface area contributed by atoms with Gasteiger partial charge in [-0.2, -0.15) is 0 Å². The average molecular weight is 755 g/mol. The molecule has 2 aliphatic rings. The minimum absolute atomic E-state index is 0.0928. The number of imidazole rings is 2. The van der Waals surface area contributed by atoms with Gasteiger partial charge in [-0.15, -0.1) is 0 Å². The Kier molecular flexibility index (Phi) is 11.7. The van der Waals surface area contributed by atoms with E-state index in [0.717, 1.165) is 40.6 Å². The highest BCUT2D eigenvalue weighted by molar-refractivity contribution is 5.87. The number of carbonyl (C=O) groups excluding carboxylic acids is 4. The summed E-state index contributed by atoms with van der Waals surface area (Å²) in [6.07, 6.45) is 0.736. The standard InChI is InChI=1S/C40H47FN8O6/c1-22(2)33(46-39(52)54-5)37(50)48-17-7-8-31(48)36-43-28-16-13-25(18-29(28)44-36)10-9-24-11-14-26(15-12-24)30-20-42-35(45-30)32-19-27(41)21-49(32)38(51)34(23(3)4)47-40(53)55-6/h11-16,18,20,22-23,27,31-34H,7-8,17,19,21H2,1-6H3,(H,42,45)(H,43,44)(H,46,52)(H,47,53). The van der Waals surface area contributed by atoms with Gasteiger partial charge < -0.3 is 39.9 Å². The molecule has 2 saturated heterocycles. The normalized spacial score (nSPS) is 19.3. The molecular formula is C40H47FN8O6. The molecule has 4 N–H and O–H groups in total. The van der Waals surface area contributed by atoms with Crippen LogP contribution in [0.3, 0.4) is 0 Å². The highest BCUT2D eigenvalue weighted by atomic mass is 19.1. The van der Waals surface area contributed by atoms with Crippen molar-refractivity contribution in [3.8, 4) is 23.1 Å². The Balaban J connectivity index is 1.13. The lowest BCUT2D eigenvalue weighted by Gasteiger charge is -2.29. The van der Waals surface area contributed by atoms with Crippen molar-refractivity contribution >= 4 is 35.0 Å². The van der Waals surface area contributed by atoms with Gasteiger partial charge in [0, 0.05) is 24.1 Å². The number of nitrogens with one attached hydrogen (secondary N) is 4. The number of carbonyl (C=O) groups is 4. The van der Waals surface area contributed by atoms with Crippen LogP contribution < -0.4 is 10.6 Å². The first-order valence-electron chi connectivity index (χ1n) is 18.5. The highest BCUT2D eigenvalue weighted by Gasteiger charge is 2.42. The Morgan fingerprint density at radius 3 is 2.09 bits per heavy atom. The second kappa shape index (κ2) is 16.6. The summed E-state index contributed by atoms with van der Waals surface area (Å²) in [5.74, 6) is 6.67. The summed E-state index contributed by atoms with van der Waals surface area (Å²) in [4.78, 5) is 70.1. The van der Waals surface area contributed by atoms with Crippen LogP contribution in [0.15, 0.2) is 48.7 Å². The van der Waals surface area contributed by atoms with Gasteiger partial charge in [-0.25, -0.2) is 23.9 Å². The largest absolute Gasteiger partial charge is 0.453 e. The summed E-state index contributed by atoms with van der Waals surface area (Å²) in [5, 5.41) is 5.25. The van der Waals surface area contributed by atoms with Crippen molar-refractivity contribution in [3.05, 3.63) is 71.4 Å². The molecule has 5 unspecified atom stereocenters. The van der Waals surface area contributed by atoms with E-state index in [9.17, 15) is 23.6 Å². The molecule has 0 aliphatic carbocycles. The van der Waals surface area contributed by atoms with Crippen LogP contribution in [0.25, 0.3) is 22.3 Å². The summed E-state index contributed by atoms with van der Waals surface area (Å²) < 4.78 is 24.1. The quantitative estimate of drug-likeness (QED) is 0.165. The van der Waals surface area contributed by atoms with Crippen molar-refractivity contribution in [2.45, 2.75) is 77.3 Å². The number of aromatic nitrogens is 4. The number of likely N-dealkylation sites (tertiary alicyclic amines) is 2. The molecule has 0 saturated carbocycles. The molecule has 15 heteroatoms. The molecular weight excluding hydrogens is 707 g/mol. The lowest BCUT2D eigenvalue weighted by molar-refractivity contribution is -0.136. The molecule has 2 aliphatic heterocycles. The van der Waals surface area contributed by atoms with Crippen molar-refractivity contribution in [1.82, 2.24) is 40.4 Å². The number of rotatable bonds is 9. The number of ether oxygens (including phenoxy) is 2. The minimum atomic E-state index is -1.23. The first kappa shape index (κ1) is 38.8. The molecule has 290 valence electrons. The summed E-state index contributed by atoms with van der Waals surface area (Å²) in [5.41, 5.74) is 4.70. The molecule has 2 fully saturated rings. The number of methoxy groups -OCH3 is 2. The Morgan fingerprint density at radius 1 is 0.836 bits per heavy atom. The number of H-pyrrole nitrogens is 2. The van der Waals surface area contributed by atoms with Crippen molar-refractivity contribution in [1.29, 1.82) is 0 Å². The fraction of sp³-hybridized carbons (Fsp3) is 0.450. The maximum atomic E-state index is 14.7. The van der Waals surface area contributed by atoms with Crippen LogP contribution in [-0.2, 0) is 19.1 Å². The number of nitrogens with zero attached hydrogens (tertiary/aromatic N) is 4. The van der Waals surface area contributed by atoms with E-state index in [0.29, 0.717) is 23.9 Å². The van der Waals surface area contributed by atoms with Crippen molar-refractivity contribution in [2.24, 2.45) is 11.8 Å². The number of hydrogen-bond acceptors (Lipinski definition) is 8. The molecule has 0 bridgehead atoms. The number of fused-ring (bicyclic) bond motifs is 1. The molecule has 0 spiro atoms. The van der Waals surface area contributed by atoms with Crippen LogP contribution in [0, 0.1) is 23.7 Å². The molecule has 5 atom stereocenters. The number of alkyl halides is 1. The number of halogens is 1. The summed E-state index contributed by atoms with van der Waals surface area (Å²) >= 11 is 0. The SMILES string of the molecule is COC(=O)NC(C(=O)N1CC(F)CC1c1ncc(-c2ccc(C#Cc3ccc4nc(C5CCCN5C(=O)C(NC(=O)OC)C(C)C)[nH]c4c3)cc2)[nH]1)C(C)C. The smallest absolute Gasteiger partial charge is 0.407 e. The Morgan fingerprint density at radius 2 is 1.45 bits per heavy atom. The van der Waals surface area contributed by atoms with Crippen LogP contribution in [0.1, 0.15) is 81.8 Å². The average Bonchev–Trinajstić information content (AvgIpc) is 4.00. The fourth-order valence-electron chi connectivity index (χ4n) is 7.15. The third kappa shape index (κ3) is 8.58. The molecule has 4 amide bonds. The van der Waals surface area contributed by atoms with Crippen LogP contribution in [-0.4, -0.2) is 99.3 Å². The fourth-order valence-corrected chi connectivity index (χ4v) is 7.15. The van der Waals surface area contributed by atoms with Crippen molar-refractivity contribution in [3.63, 3.8) is 0 Å². The van der Waals surface area contributed by atoms with Crippen LogP contribution >= 0.6 is 0 Å². The number of alkyl carbamates (subject to hydrolysis) is 2. The minimum Gasteiger partial charge on any atom is -0.453 e. The van der Waals surface area contributed by atoms with Gasteiger partial charge in [0.15, 0.2) is 0 Å². The van der Waals surface area contributed by atoms with Crippen LogP contribution in [0.2, 0.25) is 0 Å². The van der Waals surface area contributed by atoms with E-state index in [-0.39, 0.29) is 36.8 Å². The molecule has 55 heavy (non-hydrogen) atoms. The van der Waals surface area contributed by atoms with E-state index < -0.39 is 42.4 Å². The van der Waals surface area contributed by atoms with Crippen LogP contribution in [0.4, 0.5) is 14.0 Å². The van der Waals surface area contributed by atoms with E-state index in [1.54, 1.807) is 24.9 Å². The second-order valence-corrected chi connectivity index (χ2v) is 14.6. The Bertz CT molecular complexity index is 2100. The number of aromatic amines is 2. The number of benzene rings is 2. The summed E-state index contributed by atoms with van der Waals surface area (Å²) in [6, 6.07) is 10.9. The van der Waals surface area contributed by atoms with Gasteiger partial charge in [-0.05, 0) is 60.6 Å². The van der Waals surface area contributed by atoms with E-state index in [1.807, 2.05) is 56.3 Å².